The lowest BCUT2D eigenvalue weighted by molar-refractivity contribution is 0.206. The normalized spacial score (nSPS) is 10.3. The van der Waals surface area contributed by atoms with E-state index in [1.165, 1.54) is 0 Å². The third-order valence-electron chi connectivity index (χ3n) is 2.86. The van der Waals surface area contributed by atoms with Gasteiger partial charge in [-0.3, -0.25) is 4.68 Å². The van der Waals surface area contributed by atoms with Gasteiger partial charge in [0.1, 0.15) is 0 Å². The third kappa shape index (κ3) is 3.99. The lowest BCUT2D eigenvalue weighted by atomic mass is 10.2. The fraction of sp³-hybridized carbons (Fsp3) is 0.286. The van der Waals surface area contributed by atoms with Gasteiger partial charge in [0, 0.05) is 37.4 Å². The van der Waals surface area contributed by atoms with Gasteiger partial charge in [0.15, 0.2) is 0 Å². The average molecular weight is 293 g/mol. The fourth-order valence-electron chi connectivity index (χ4n) is 1.86. The first-order valence-electron chi connectivity index (χ1n) is 6.25. The minimum Gasteiger partial charge on any atom is -0.334 e. The number of amides is 2. The number of hydrogen-bond donors (Lipinski definition) is 1. The molecule has 1 aromatic heterocycles. The monoisotopic (exact) mass is 292 g/mol. The van der Waals surface area contributed by atoms with E-state index in [9.17, 15) is 4.79 Å². The highest BCUT2D eigenvalue weighted by Crippen LogP contribution is 2.10. The van der Waals surface area contributed by atoms with E-state index in [4.69, 9.17) is 11.6 Å². The van der Waals surface area contributed by atoms with Gasteiger partial charge in [0.05, 0.1) is 12.7 Å². The van der Waals surface area contributed by atoms with Crippen LogP contribution in [0.1, 0.15) is 11.1 Å². The Balaban J connectivity index is 1.85. The molecule has 2 aromatic rings. The summed E-state index contributed by atoms with van der Waals surface area (Å²) in [7, 11) is 3.60. The number of benzene rings is 1. The number of hydrogen-bond acceptors (Lipinski definition) is 2. The van der Waals surface area contributed by atoms with Crippen molar-refractivity contribution >= 4 is 17.6 Å². The number of rotatable bonds is 4. The second-order valence-electron chi connectivity index (χ2n) is 4.67. The molecular formula is C14H17ClN4O. The first kappa shape index (κ1) is 14.4. The van der Waals surface area contributed by atoms with Crippen LogP contribution in [-0.2, 0) is 20.1 Å². The molecule has 6 heteroatoms. The van der Waals surface area contributed by atoms with Crippen molar-refractivity contribution in [2.45, 2.75) is 13.1 Å². The summed E-state index contributed by atoms with van der Waals surface area (Å²) in [6.45, 7) is 0.978. The van der Waals surface area contributed by atoms with Crippen LogP contribution in [0.4, 0.5) is 4.79 Å². The number of nitrogens with one attached hydrogen (secondary N) is 1. The fourth-order valence-corrected chi connectivity index (χ4v) is 2.07. The molecule has 2 rings (SSSR count). The molecular weight excluding hydrogens is 276 g/mol. The van der Waals surface area contributed by atoms with Crippen LogP contribution in [0.5, 0.6) is 0 Å². The number of urea groups is 1. The number of carbonyl (C=O) groups is 1. The van der Waals surface area contributed by atoms with E-state index in [1.54, 1.807) is 28.9 Å². The maximum absolute atomic E-state index is 12.0. The molecule has 0 fully saturated rings. The third-order valence-corrected chi connectivity index (χ3v) is 3.09. The molecule has 0 bridgehead atoms. The van der Waals surface area contributed by atoms with E-state index >= 15 is 0 Å². The van der Waals surface area contributed by atoms with Gasteiger partial charge in [0.25, 0.3) is 0 Å². The van der Waals surface area contributed by atoms with Crippen LogP contribution in [0.3, 0.4) is 0 Å². The van der Waals surface area contributed by atoms with Crippen LogP contribution < -0.4 is 5.32 Å². The Morgan fingerprint density at radius 3 is 2.90 bits per heavy atom. The zero-order chi connectivity index (χ0) is 14.5. The molecule has 2 amide bonds. The second-order valence-corrected chi connectivity index (χ2v) is 5.10. The Bertz CT molecular complexity index is 596. The molecule has 106 valence electrons. The summed E-state index contributed by atoms with van der Waals surface area (Å²) in [6, 6.07) is 7.30. The summed E-state index contributed by atoms with van der Waals surface area (Å²) in [4.78, 5) is 13.6. The molecule has 0 saturated heterocycles. The number of aryl methyl sites for hydroxylation is 1. The van der Waals surface area contributed by atoms with E-state index < -0.39 is 0 Å². The predicted molar refractivity (Wildman–Crippen MR) is 78.4 cm³/mol. The Morgan fingerprint density at radius 1 is 1.45 bits per heavy atom. The van der Waals surface area contributed by atoms with Gasteiger partial charge in [0.2, 0.25) is 0 Å². The van der Waals surface area contributed by atoms with Crippen molar-refractivity contribution in [2.75, 3.05) is 7.05 Å². The molecule has 0 atom stereocenters. The van der Waals surface area contributed by atoms with Gasteiger partial charge >= 0.3 is 6.03 Å². The summed E-state index contributed by atoms with van der Waals surface area (Å²) in [5, 5.41) is 7.60. The molecule has 0 spiro atoms. The van der Waals surface area contributed by atoms with E-state index in [0.29, 0.717) is 18.1 Å². The standard InChI is InChI=1S/C14H17ClN4O/c1-18(9-12-8-17-19(2)10-12)14(20)16-7-11-4-3-5-13(15)6-11/h3-6,8,10H,7,9H2,1-2H3,(H,16,20). The van der Waals surface area contributed by atoms with Gasteiger partial charge in [-0.2, -0.15) is 5.10 Å². The molecule has 1 aromatic carbocycles. The number of aromatic nitrogens is 2. The van der Waals surface area contributed by atoms with Gasteiger partial charge < -0.3 is 10.2 Å². The first-order valence-corrected chi connectivity index (χ1v) is 6.63. The van der Waals surface area contributed by atoms with Crippen molar-refractivity contribution in [3.63, 3.8) is 0 Å². The van der Waals surface area contributed by atoms with Crippen LogP contribution in [0.2, 0.25) is 5.02 Å². The number of carbonyl (C=O) groups excluding carboxylic acids is 1. The lowest BCUT2D eigenvalue weighted by Crippen LogP contribution is -2.36. The van der Waals surface area contributed by atoms with Gasteiger partial charge in [-0.15, -0.1) is 0 Å². The van der Waals surface area contributed by atoms with Crippen LogP contribution >= 0.6 is 11.6 Å². The molecule has 5 nitrogen and oxygen atoms in total. The van der Waals surface area contributed by atoms with Gasteiger partial charge in [-0.25, -0.2) is 4.79 Å². The Kier molecular flexibility index (Phi) is 4.63. The van der Waals surface area contributed by atoms with Crippen molar-refractivity contribution in [1.82, 2.24) is 20.0 Å². The molecule has 20 heavy (non-hydrogen) atoms. The van der Waals surface area contributed by atoms with Gasteiger partial charge in [-0.1, -0.05) is 23.7 Å². The zero-order valence-electron chi connectivity index (χ0n) is 11.5. The van der Waals surface area contributed by atoms with Crippen molar-refractivity contribution in [3.8, 4) is 0 Å². The Hall–Kier alpha value is -2.01. The van der Waals surface area contributed by atoms with E-state index in [0.717, 1.165) is 11.1 Å². The van der Waals surface area contributed by atoms with Gasteiger partial charge in [-0.05, 0) is 17.7 Å². The minimum absolute atomic E-state index is 0.131. The van der Waals surface area contributed by atoms with E-state index in [1.807, 2.05) is 31.4 Å². The van der Waals surface area contributed by atoms with Crippen LogP contribution in [0, 0.1) is 0 Å². The van der Waals surface area contributed by atoms with E-state index in [-0.39, 0.29) is 6.03 Å². The van der Waals surface area contributed by atoms with Crippen molar-refractivity contribution in [2.24, 2.45) is 7.05 Å². The Labute approximate surface area is 123 Å². The summed E-state index contributed by atoms with van der Waals surface area (Å²) in [5.74, 6) is 0. The highest BCUT2D eigenvalue weighted by atomic mass is 35.5. The maximum Gasteiger partial charge on any atom is 0.317 e. The molecule has 0 radical (unpaired) electrons. The molecule has 0 saturated carbocycles. The minimum atomic E-state index is -0.131. The highest BCUT2D eigenvalue weighted by Gasteiger charge is 2.09. The topological polar surface area (TPSA) is 50.2 Å². The first-order chi connectivity index (χ1) is 9.54. The quantitative estimate of drug-likeness (QED) is 0.941. The summed E-state index contributed by atoms with van der Waals surface area (Å²) < 4.78 is 1.72. The van der Waals surface area contributed by atoms with Crippen molar-refractivity contribution in [1.29, 1.82) is 0 Å². The smallest absolute Gasteiger partial charge is 0.317 e. The van der Waals surface area contributed by atoms with Crippen molar-refractivity contribution in [3.05, 3.63) is 52.8 Å². The zero-order valence-corrected chi connectivity index (χ0v) is 12.3. The maximum atomic E-state index is 12.0. The second kappa shape index (κ2) is 6.43. The van der Waals surface area contributed by atoms with Crippen LogP contribution in [0.15, 0.2) is 36.7 Å². The molecule has 0 aliphatic heterocycles. The summed E-state index contributed by atoms with van der Waals surface area (Å²) in [6.07, 6.45) is 3.64. The SMILES string of the molecule is CN(Cc1cnn(C)c1)C(=O)NCc1cccc(Cl)c1. The van der Waals surface area contributed by atoms with E-state index in [2.05, 4.69) is 10.4 Å². The number of halogens is 1. The summed E-state index contributed by atoms with van der Waals surface area (Å²) in [5.41, 5.74) is 1.97. The van der Waals surface area contributed by atoms with Crippen LogP contribution in [0.25, 0.3) is 0 Å². The summed E-state index contributed by atoms with van der Waals surface area (Å²) >= 11 is 5.90. The molecule has 1 heterocycles. The molecule has 0 unspecified atom stereocenters. The molecule has 1 N–H and O–H groups in total. The van der Waals surface area contributed by atoms with Crippen LogP contribution in [-0.4, -0.2) is 27.8 Å². The molecule has 0 aliphatic carbocycles. The average Bonchev–Trinajstić information content (AvgIpc) is 2.81. The predicted octanol–water partition coefficient (Wildman–Crippen LogP) is 2.42. The van der Waals surface area contributed by atoms with Crippen molar-refractivity contribution < 1.29 is 4.79 Å². The highest BCUT2D eigenvalue weighted by molar-refractivity contribution is 6.30. The lowest BCUT2D eigenvalue weighted by Gasteiger charge is -2.17. The Morgan fingerprint density at radius 2 is 2.25 bits per heavy atom. The largest absolute Gasteiger partial charge is 0.334 e. The number of nitrogens with zero attached hydrogens (tertiary/aromatic N) is 3. The molecule has 0 aliphatic rings.